The van der Waals surface area contributed by atoms with Gasteiger partial charge in [-0.15, -0.1) is 0 Å². The van der Waals surface area contributed by atoms with Gasteiger partial charge in [0.2, 0.25) is 5.91 Å². The molecule has 18 heavy (non-hydrogen) atoms. The predicted octanol–water partition coefficient (Wildman–Crippen LogP) is 0.548. The highest BCUT2D eigenvalue weighted by Gasteiger charge is 2.37. The molecule has 1 amide bonds. The zero-order valence-corrected chi connectivity index (χ0v) is 10.5. The van der Waals surface area contributed by atoms with Crippen molar-refractivity contribution in [2.75, 3.05) is 0 Å². The van der Waals surface area contributed by atoms with Crippen LogP contribution >= 0.6 is 0 Å². The number of carbonyl (C=O) groups is 2. The fourth-order valence-electron chi connectivity index (χ4n) is 2.03. The van der Waals surface area contributed by atoms with E-state index in [2.05, 4.69) is 15.5 Å². The first kappa shape index (κ1) is 12.6. The molecule has 2 rings (SSSR count). The summed E-state index contributed by atoms with van der Waals surface area (Å²) in [5.41, 5.74) is 2.47. The third-order valence-corrected chi connectivity index (χ3v) is 3.29. The van der Waals surface area contributed by atoms with E-state index >= 15 is 0 Å². The third kappa shape index (κ3) is 2.69. The molecule has 0 saturated heterocycles. The summed E-state index contributed by atoms with van der Waals surface area (Å²) in [6, 6.07) is -0.745. The SMILES string of the molecule is Cc1n[nH]c(C)c1CC(=O)N[C@H](C(=O)O)C1CC1. The first-order valence-electron chi connectivity index (χ1n) is 6.01. The monoisotopic (exact) mass is 251 g/mol. The van der Waals surface area contributed by atoms with Crippen molar-refractivity contribution in [2.24, 2.45) is 5.92 Å². The molecule has 3 N–H and O–H groups in total. The van der Waals surface area contributed by atoms with Crippen LogP contribution < -0.4 is 5.32 Å². The van der Waals surface area contributed by atoms with Crippen LogP contribution in [0.2, 0.25) is 0 Å². The molecule has 6 heteroatoms. The van der Waals surface area contributed by atoms with Gasteiger partial charge in [0.1, 0.15) is 6.04 Å². The number of amides is 1. The van der Waals surface area contributed by atoms with Gasteiger partial charge in [0.25, 0.3) is 0 Å². The van der Waals surface area contributed by atoms with E-state index in [1.807, 2.05) is 13.8 Å². The van der Waals surface area contributed by atoms with Gasteiger partial charge in [-0.2, -0.15) is 5.10 Å². The Morgan fingerprint density at radius 1 is 1.50 bits per heavy atom. The summed E-state index contributed by atoms with van der Waals surface area (Å²) in [5.74, 6) is -1.12. The Bertz CT molecular complexity index is 457. The Morgan fingerprint density at radius 2 is 2.17 bits per heavy atom. The molecule has 0 spiro atoms. The molecule has 1 fully saturated rings. The Labute approximate surface area is 105 Å². The molecule has 6 nitrogen and oxygen atoms in total. The van der Waals surface area contributed by atoms with Crippen molar-refractivity contribution in [3.05, 3.63) is 17.0 Å². The Hall–Kier alpha value is -1.85. The number of aromatic amines is 1. The standard InChI is InChI=1S/C12H17N3O3/c1-6-9(7(2)15-14-6)5-10(16)13-11(12(17)18)8-3-4-8/h8,11H,3-5H2,1-2H3,(H,13,16)(H,14,15)(H,17,18)/t11-/m0/s1. The van der Waals surface area contributed by atoms with Gasteiger partial charge in [0, 0.05) is 11.3 Å². The summed E-state index contributed by atoms with van der Waals surface area (Å²) in [6.45, 7) is 3.67. The maximum Gasteiger partial charge on any atom is 0.326 e. The minimum absolute atomic E-state index is 0.0954. The van der Waals surface area contributed by atoms with Gasteiger partial charge in [-0.3, -0.25) is 9.89 Å². The second-order valence-corrected chi connectivity index (χ2v) is 4.81. The van der Waals surface area contributed by atoms with Gasteiger partial charge in [0.15, 0.2) is 0 Å². The minimum Gasteiger partial charge on any atom is -0.480 e. The number of nitrogens with one attached hydrogen (secondary N) is 2. The van der Waals surface area contributed by atoms with Crippen molar-refractivity contribution in [3.8, 4) is 0 Å². The number of H-pyrrole nitrogens is 1. The summed E-state index contributed by atoms with van der Waals surface area (Å²) < 4.78 is 0. The lowest BCUT2D eigenvalue weighted by atomic mass is 10.1. The third-order valence-electron chi connectivity index (χ3n) is 3.29. The molecular weight excluding hydrogens is 234 g/mol. The molecule has 1 aliphatic carbocycles. The number of carboxylic acid groups (broad SMARTS) is 1. The maximum atomic E-state index is 11.8. The fraction of sp³-hybridized carbons (Fsp3) is 0.583. The number of aliphatic carboxylic acids is 1. The molecule has 0 radical (unpaired) electrons. The molecule has 1 aromatic rings. The molecular formula is C12H17N3O3. The number of nitrogens with zero attached hydrogens (tertiary/aromatic N) is 1. The summed E-state index contributed by atoms with van der Waals surface area (Å²) in [5, 5.41) is 18.4. The Morgan fingerprint density at radius 3 is 2.61 bits per heavy atom. The highest BCUT2D eigenvalue weighted by atomic mass is 16.4. The molecule has 0 aliphatic heterocycles. The second kappa shape index (κ2) is 4.80. The van der Waals surface area contributed by atoms with Crippen LogP contribution in [0.3, 0.4) is 0 Å². The summed E-state index contributed by atoms with van der Waals surface area (Å²) >= 11 is 0. The number of hydrogen-bond donors (Lipinski definition) is 3. The summed E-state index contributed by atoms with van der Waals surface area (Å²) in [7, 11) is 0. The van der Waals surface area contributed by atoms with Crippen LogP contribution in [0.5, 0.6) is 0 Å². The van der Waals surface area contributed by atoms with Gasteiger partial charge in [-0.1, -0.05) is 0 Å². The second-order valence-electron chi connectivity index (χ2n) is 4.81. The van der Waals surface area contributed by atoms with Gasteiger partial charge in [-0.25, -0.2) is 4.79 Å². The molecule has 1 saturated carbocycles. The number of hydrogen-bond acceptors (Lipinski definition) is 3. The number of aryl methyl sites for hydroxylation is 2. The largest absolute Gasteiger partial charge is 0.480 e. The molecule has 0 aromatic carbocycles. The maximum absolute atomic E-state index is 11.8. The summed E-state index contributed by atoms with van der Waals surface area (Å²) in [6.07, 6.45) is 1.92. The molecule has 98 valence electrons. The smallest absolute Gasteiger partial charge is 0.326 e. The van der Waals surface area contributed by atoms with Crippen LogP contribution in [0, 0.1) is 19.8 Å². The van der Waals surface area contributed by atoms with E-state index in [0.717, 1.165) is 29.8 Å². The lowest BCUT2D eigenvalue weighted by Gasteiger charge is -2.13. The number of carbonyl (C=O) groups excluding carboxylic acids is 1. The van der Waals surface area contributed by atoms with E-state index in [-0.39, 0.29) is 18.2 Å². The molecule has 1 heterocycles. The lowest BCUT2D eigenvalue weighted by Crippen LogP contribution is -2.43. The van der Waals surface area contributed by atoms with E-state index in [4.69, 9.17) is 5.11 Å². The van der Waals surface area contributed by atoms with E-state index in [0.29, 0.717) is 0 Å². The van der Waals surface area contributed by atoms with Crippen molar-refractivity contribution < 1.29 is 14.7 Å². The molecule has 1 aromatic heterocycles. The quantitative estimate of drug-likeness (QED) is 0.712. The average molecular weight is 251 g/mol. The highest BCUT2D eigenvalue weighted by molar-refractivity contribution is 5.85. The first-order valence-corrected chi connectivity index (χ1v) is 6.01. The molecule has 0 unspecified atom stereocenters. The normalized spacial score (nSPS) is 16.3. The molecule has 1 aliphatic rings. The van der Waals surface area contributed by atoms with Crippen molar-refractivity contribution in [1.82, 2.24) is 15.5 Å². The minimum atomic E-state index is -0.952. The average Bonchev–Trinajstić information content (AvgIpc) is 3.08. The van der Waals surface area contributed by atoms with Crippen LogP contribution in [0.15, 0.2) is 0 Å². The predicted molar refractivity (Wildman–Crippen MR) is 64.1 cm³/mol. The van der Waals surface area contributed by atoms with E-state index in [9.17, 15) is 9.59 Å². The lowest BCUT2D eigenvalue weighted by molar-refractivity contribution is -0.142. The highest BCUT2D eigenvalue weighted by Crippen LogP contribution is 2.32. The van der Waals surface area contributed by atoms with Gasteiger partial charge in [-0.05, 0) is 32.6 Å². The van der Waals surface area contributed by atoms with Crippen LogP contribution in [0.1, 0.15) is 29.8 Å². The Balaban J connectivity index is 1.98. The number of aromatic nitrogens is 2. The van der Waals surface area contributed by atoms with Gasteiger partial charge in [0.05, 0.1) is 12.1 Å². The van der Waals surface area contributed by atoms with E-state index < -0.39 is 12.0 Å². The van der Waals surface area contributed by atoms with Crippen LogP contribution in [-0.2, 0) is 16.0 Å². The Kier molecular flexibility index (Phi) is 3.36. The van der Waals surface area contributed by atoms with Gasteiger partial charge >= 0.3 is 5.97 Å². The van der Waals surface area contributed by atoms with Crippen LogP contribution in [-0.4, -0.2) is 33.2 Å². The van der Waals surface area contributed by atoms with Crippen LogP contribution in [0.4, 0.5) is 0 Å². The fourth-order valence-corrected chi connectivity index (χ4v) is 2.03. The number of carboxylic acids is 1. The van der Waals surface area contributed by atoms with Crippen molar-refractivity contribution in [3.63, 3.8) is 0 Å². The van der Waals surface area contributed by atoms with Crippen molar-refractivity contribution in [2.45, 2.75) is 39.2 Å². The van der Waals surface area contributed by atoms with Gasteiger partial charge < -0.3 is 10.4 Å². The zero-order chi connectivity index (χ0) is 13.3. The van der Waals surface area contributed by atoms with Crippen molar-refractivity contribution >= 4 is 11.9 Å². The van der Waals surface area contributed by atoms with E-state index in [1.165, 1.54) is 0 Å². The first-order chi connectivity index (χ1) is 8.49. The molecule has 0 bridgehead atoms. The zero-order valence-electron chi connectivity index (χ0n) is 10.5. The van der Waals surface area contributed by atoms with E-state index in [1.54, 1.807) is 0 Å². The van der Waals surface area contributed by atoms with Crippen molar-refractivity contribution in [1.29, 1.82) is 0 Å². The molecule has 1 atom stereocenters. The number of rotatable bonds is 5. The summed E-state index contributed by atoms with van der Waals surface area (Å²) in [4.78, 5) is 22.9. The van der Waals surface area contributed by atoms with Crippen LogP contribution in [0.25, 0.3) is 0 Å². The topological polar surface area (TPSA) is 95.1 Å².